The third kappa shape index (κ3) is 4.15. The highest BCUT2D eigenvalue weighted by Gasteiger charge is 2.45. The third-order valence-corrected chi connectivity index (χ3v) is 13.6. The van der Waals surface area contributed by atoms with Gasteiger partial charge in [0.05, 0.1) is 0 Å². The Morgan fingerprint density at radius 3 is 2.20 bits per heavy atom. The molecular weight excluding hydrogens is 392 g/mol. The SMILES string of the molecule is CC(C)[Si](C#Cc1cnc(N2CC3(CCOCC3)C2)c(C(=O)O)c1)(C(C)C)C(C)C. The van der Waals surface area contributed by atoms with E-state index in [0.29, 0.717) is 28.0 Å². The van der Waals surface area contributed by atoms with Crippen LogP contribution in [0.25, 0.3) is 0 Å². The number of carboxylic acids is 1. The zero-order chi connectivity index (χ0) is 22.1. The Hall–Kier alpha value is -1.84. The molecule has 5 nitrogen and oxygen atoms in total. The van der Waals surface area contributed by atoms with Crippen molar-refractivity contribution in [3.8, 4) is 11.5 Å². The highest BCUT2D eigenvalue weighted by Crippen LogP contribution is 2.43. The molecule has 3 heterocycles. The van der Waals surface area contributed by atoms with E-state index in [1.807, 2.05) is 0 Å². The number of carbonyl (C=O) groups is 1. The molecule has 2 saturated heterocycles. The van der Waals surface area contributed by atoms with Gasteiger partial charge in [-0.2, -0.15) is 0 Å². The number of anilines is 1. The molecule has 0 saturated carbocycles. The van der Waals surface area contributed by atoms with E-state index in [4.69, 9.17) is 4.74 Å². The quantitative estimate of drug-likeness (QED) is 0.530. The minimum absolute atomic E-state index is 0.259. The largest absolute Gasteiger partial charge is 0.478 e. The molecule has 1 aromatic rings. The Morgan fingerprint density at radius 2 is 1.70 bits per heavy atom. The van der Waals surface area contributed by atoms with Crippen molar-refractivity contribution in [3.63, 3.8) is 0 Å². The Kier molecular flexibility index (Phi) is 6.64. The Bertz CT molecular complexity index is 818. The van der Waals surface area contributed by atoms with Crippen molar-refractivity contribution in [2.45, 2.75) is 71.0 Å². The summed E-state index contributed by atoms with van der Waals surface area (Å²) in [5.41, 5.74) is 6.50. The van der Waals surface area contributed by atoms with Gasteiger partial charge in [0.1, 0.15) is 19.5 Å². The van der Waals surface area contributed by atoms with Crippen LogP contribution in [-0.4, -0.2) is 50.4 Å². The molecule has 1 spiro atoms. The van der Waals surface area contributed by atoms with Gasteiger partial charge in [-0.25, -0.2) is 9.78 Å². The first-order valence-electron chi connectivity index (χ1n) is 11.2. The number of ether oxygens (including phenoxy) is 1. The standard InChI is InChI=1S/C24H36N2O3Si/c1-17(2)30(18(3)4,19(5)6)12-7-20-13-21(23(27)28)22(25-14-20)26-15-24(16-26)8-10-29-11-9-24/h13-14,17-19H,8-11,15-16H2,1-6H3,(H,27,28). The Labute approximate surface area is 182 Å². The lowest BCUT2D eigenvalue weighted by atomic mass is 9.73. The zero-order valence-electron chi connectivity index (χ0n) is 19.3. The summed E-state index contributed by atoms with van der Waals surface area (Å²) in [6, 6.07) is 1.72. The van der Waals surface area contributed by atoms with Gasteiger partial charge in [0, 0.05) is 43.5 Å². The van der Waals surface area contributed by atoms with E-state index in [2.05, 4.69) is 62.9 Å². The molecule has 2 fully saturated rings. The smallest absolute Gasteiger partial charge is 0.339 e. The number of pyridine rings is 1. The molecule has 3 rings (SSSR count). The van der Waals surface area contributed by atoms with Crippen LogP contribution >= 0.6 is 0 Å². The van der Waals surface area contributed by atoms with Crippen molar-refractivity contribution in [2.75, 3.05) is 31.2 Å². The van der Waals surface area contributed by atoms with Gasteiger partial charge in [0.15, 0.2) is 0 Å². The van der Waals surface area contributed by atoms with E-state index in [9.17, 15) is 9.90 Å². The van der Waals surface area contributed by atoms with E-state index in [-0.39, 0.29) is 11.0 Å². The monoisotopic (exact) mass is 428 g/mol. The molecule has 1 aromatic heterocycles. The second kappa shape index (κ2) is 8.72. The molecule has 0 aromatic carbocycles. The molecule has 0 amide bonds. The number of hydrogen-bond donors (Lipinski definition) is 1. The van der Waals surface area contributed by atoms with Crippen molar-refractivity contribution in [1.29, 1.82) is 0 Å². The van der Waals surface area contributed by atoms with Gasteiger partial charge < -0.3 is 14.7 Å². The predicted octanol–water partition coefficient (Wildman–Crippen LogP) is 4.97. The highest BCUT2D eigenvalue weighted by atomic mass is 28.3. The predicted molar refractivity (Wildman–Crippen MR) is 124 cm³/mol. The summed E-state index contributed by atoms with van der Waals surface area (Å²) in [6.07, 6.45) is 3.84. The number of aromatic carboxylic acids is 1. The first kappa shape index (κ1) is 22.8. The summed E-state index contributed by atoms with van der Waals surface area (Å²) in [6.45, 7) is 17.0. The normalized spacial score (nSPS) is 18.5. The summed E-state index contributed by atoms with van der Waals surface area (Å²) in [7, 11) is -1.87. The van der Waals surface area contributed by atoms with Crippen molar-refractivity contribution in [1.82, 2.24) is 4.98 Å². The maximum absolute atomic E-state index is 12.0. The summed E-state index contributed by atoms with van der Waals surface area (Å²) in [5, 5.41) is 9.83. The molecule has 0 atom stereocenters. The fourth-order valence-corrected chi connectivity index (χ4v) is 10.8. The lowest BCUT2D eigenvalue weighted by molar-refractivity contribution is -0.000568. The number of hydrogen-bond acceptors (Lipinski definition) is 4. The average molecular weight is 429 g/mol. The van der Waals surface area contributed by atoms with Crippen molar-refractivity contribution < 1.29 is 14.6 Å². The van der Waals surface area contributed by atoms with E-state index in [1.165, 1.54) is 0 Å². The fraction of sp³-hybridized carbons (Fsp3) is 0.667. The molecule has 0 bridgehead atoms. The molecule has 0 radical (unpaired) electrons. The van der Waals surface area contributed by atoms with Gasteiger partial charge in [0.2, 0.25) is 0 Å². The number of nitrogens with zero attached hydrogens (tertiary/aromatic N) is 2. The summed E-state index contributed by atoms with van der Waals surface area (Å²) < 4.78 is 5.48. The molecule has 2 aliphatic heterocycles. The Morgan fingerprint density at radius 1 is 1.13 bits per heavy atom. The second-order valence-corrected chi connectivity index (χ2v) is 15.6. The van der Waals surface area contributed by atoms with Crippen LogP contribution < -0.4 is 4.90 Å². The lowest BCUT2D eigenvalue weighted by Crippen LogP contribution is -2.59. The van der Waals surface area contributed by atoms with Crippen LogP contribution in [0.5, 0.6) is 0 Å². The first-order chi connectivity index (χ1) is 14.1. The average Bonchev–Trinajstić information content (AvgIpc) is 2.66. The van der Waals surface area contributed by atoms with Gasteiger partial charge in [-0.05, 0) is 35.5 Å². The number of carboxylic acid groups (broad SMARTS) is 1. The van der Waals surface area contributed by atoms with Crippen LogP contribution in [0.1, 0.15) is 70.3 Å². The maximum Gasteiger partial charge on any atom is 0.339 e. The summed E-state index contributed by atoms with van der Waals surface area (Å²) in [5.74, 6) is 2.97. The summed E-state index contributed by atoms with van der Waals surface area (Å²) in [4.78, 5) is 18.6. The van der Waals surface area contributed by atoms with Crippen LogP contribution in [0.15, 0.2) is 12.3 Å². The van der Waals surface area contributed by atoms with Gasteiger partial charge in [-0.15, -0.1) is 5.54 Å². The van der Waals surface area contributed by atoms with Crippen LogP contribution in [0.3, 0.4) is 0 Å². The van der Waals surface area contributed by atoms with Gasteiger partial charge in [-0.1, -0.05) is 47.5 Å². The molecule has 2 aliphatic rings. The zero-order valence-corrected chi connectivity index (χ0v) is 20.3. The van der Waals surface area contributed by atoms with Crippen LogP contribution in [0, 0.1) is 16.9 Å². The second-order valence-electron chi connectivity index (χ2n) is 10.0. The molecule has 0 aliphatic carbocycles. The summed E-state index contributed by atoms with van der Waals surface area (Å²) >= 11 is 0. The molecule has 6 heteroatoms. The van der Waals surface area contributed by atoms with Crippen LogP contribution in [0.4, 0.5) is 5.82 Å². The number of aromatic nitrogens is 1. The van der Waals surface area contributed by atoms with Crippen molar-refractivity contribution in [3.05, 3.63) is 23.4 Å². The van der Waals surface area contributed by atoms with E-state index in [0.717, 1.165) is 39.1 Å². The molecular formula is C24H36N2O3Si. The molecule has 164 valence electrons. The van der Waals surface area contributed by atoms with Gasteiger partial charge >= 0.3 is 5.97 Å². The minimum Gasteiger partial charge on any atom is -0.478 e. The molecule has 30 heavy (non-hydrogen) atoms. The minimum atomic E-state index is -1.87. The Balaban J connectivity index is 1.88. The lowest BCUT2D eigenvalue weighted by Gasteiger charge is -2.53. The van der Waals surface area contributed by atoms with Crippen molar-refractivity contribution >= 4 is 19.9 Å². The molecule has 0 unspecified atom stereocenters. The first-order valence-corrected chi connectivity index (χ1v) is 13.4. The fourth-order valence-electron chi connectivity index (χ4n) is 5.58. The topological polar surface area (TPSA) is 62.7 Å². The van der Waals surface area contributed by atoms with Gasteiger partial charge in [-0.3, -0.25) is 0 Å². The van der Waals surface area contributed by atoms with Gasteiger partial charge in [0.25, 0.3) is 0 Å². The highest BCUT2D eigenvalue weighted by molar-refractivity contribution is 6.90. The van der Waals surface area contributed by atoms with E-state index >= 15 is 0 Å². The number of rotatable bonds is 5. The van der Waals surface area contributed by atoms with Crippen LogP contribution in [-0.2, 0) is 4.74 Å². The van der Waals surface area contributed by atoms with E-state index < -0.39 is 14.0 Å². The third-order valence-electron chi connectivity index (χ3n) is 7.29. The van der Waals surface area contributed by atoms with Crippen molar-refractivity contribution in [2.24, 2.45) is 5.41 Å². The van der Waals surface area contributed by atoms with E-state index in [1.54, 1.807) is 12.3 Å². The molecule has 1 N–H and O–H groups in total. The van der Waals surface area contributed by atoms with Crippen LogP contribution in [0.2, 0.25) is 16.6 Å². The maximum atomic E-state index is 12.0.